The van der Waals surface area contributed by atoms with Crippen LogP contribution >= 0.6 is 0 Å². The van der Waals surface area contributed by atoms with Gasteiger partial charge < -0.3 is 10.1 Å². The molecule has 0 bridgehead atoms. The highest BCUT2D eigenvalue weighted by Gasteiger charge is 2.05. The number of hydrogen-bond donors (Lipinski definition) is 2. The molecular weight excluding hydrogens is 186 g/mol. The summed E-state index contributed by atoms with van der Waals surface area (Å²) in [4.78, 5) is 3.29. The first kappa shape index (κ1) is 8.36. The Bertz CT molecular complexity index is 652. The summed E-state index contributed by atoms with van der Waals surface area (Å²) in [6.07, 6.45) is 0. The molecule has 0 fully saturated rings. The van der Waals surface area contributed by atoms with E-state index >= 15 is 0 Å². The molecule has 0 atom stereocenters. The Labute approximate surface area is 87.2 Å². The summed E-state index contributed by atoms with van der Waals surface area (Å²) in [7, 11) is 0. The predicted molar refractivity (Wildman–Crippen MR) is 62.2 cm³/mol. The van der Waals surface area contributed by atoms with Crippen LogP contribution in [0.2, 0.25) is 0 Å². The lowest BCUT2D eigenvalue weighted by molar-refractivity contribution is 0.472. The molecule has 3 aromatic rings. The number of aromatic nitrogens is 1. The Morgan fingerprint density at radius 1 is 1.00 bits per heavy atom. The molecule has 74 valence electrons. The molecule has 2 nitrogen and oxygen atoms in total. The third kappa shape index (κ3) is 1.11. The lowest BCUT2D eigenvalue weighted by Gasteiger charge is -1.98. The maximum absolute atomic E-state index is 9.62. The molecular formula is C13H11NO. The van der Waals surface area contributed by atoms with Crippen molar-refractivity contribution in [1.82, 2.24) is 4.98 Å². The second kappa shape index (κ2) is 2.76. The maximum atomic E-state index is 9.62. The number of benzene rings is 2. The first-order chi connectivity index (χ1) is 7.25. The van der Waals surface area contributed by atoms with Gasteiger partial charge >= 0.3 is 0 Å². The fourth-order valence-corrected chi connectivity index (χ4v) is 1.99. The summed E-state index contributed by atoms with van der Waals surface area (Å²) in [6, 6.07) is 12.0. The summed E-state index contributed by atoms with van der Waals surface area (Å²) >= 11 is 0. The highest BCUT2D eigenvalue weighted by atomic mass is 16.3. The van der Waals surface area contributed by atoms with Crippen molar-refractivity contribution in [3.8, 4) is 5.75 Å². The van der Waals surface area contributed by atoms with Gasteiger partial charge in [0.1, 0.15) is 5.75 Å². The van der Waals surface area contributed by atoms with Crippen LogP contribution in [-0.4, -0.2) is 10.1 Å². The van der Waals surface area contributed by atoms with Gasteiger partial charge in [-0.1, -0.05) is 18.2 Å². The number of fused-ring (bicyclic) bond motifs is 3. The molecule has 2 aromatic carbocycles. The van der Waals surface area contributed by atoms with Crippen LogP contribution in [0, 0.1) is 6.92 Å². The molecule has 0 saturated heterocycles. The average Bonchev–Trinajstić information content (AvgIpc) is 2.57. The Kier molecular flexibility index (Phi) is 1.54. The van der Waals surface area contributed by atoms with Gasteiger partial charge in [0.05, 0.1) is 5.52 Å². The molecule has 0 saturated carbocycles. The maximum Gasteiger partial charge on any atom is 0.120 e. The summed E-state index contributed by atoms with van der Waals surface area (Å²) in [6.45, 7) is 1.91. The number of para-hydroxylation sites is 1. The molecule has 0 amide bonds. The molecule has 0 spiro atoms. The van der Waals surface area contributed by atoms with Crippen LogP contribution in [-0.2, 0) is 0 Å². The molecule has 1 heterocycles. The van der Waals surface area contributed by atoms with E-state index in [4.69, 9.17) is 0 Å². The fraction of sp³-hybridized carbons (Fsp3) is 0.0769. The normalized spacial score (nSPS) is 11.3. The monoisotopic (exact) mass is 197 g/mol. The van der Waals surface area contributed by atoms with Gasteiger partial charge in [-0.2, -0.15) is 0 Å². The number of aromatic amines is 1. The summed E-state index contributed by atoms with van der Waals surface area (Å²) in [5, 5.41) is 12.0. The van der Waals surface area contributed by atoms with E-state index in [2.05, 4.69) is 11.1 Å². The molecule has 2 heteroatoms. The van der Waals surface area contributed by atoms with Gasteiger partial charge in [-0.25, -0.2) is 0 Å². The van der Waals surface area contributed by atoms with E-state index in [1.807, 2.05) is 31.2 Å². The Morgan fingerprint density at radius 2 is 1.80 bits per heavy atom. The van der Waals surface area contributed by atoms with Gasteiger partial charge in [-0.05, 0) is 24.6 Å². The van der Waals surface area contributed by atoms with E-state index < -0.39 is 0 Å². The lowest BCUT2D eigenvalue weighted by atomic mass is 10.1. The van der Waals surface area contributed by atoms with Gasteiger partial charge in [-0.15, -0.1) is 0 Å². The third-order valence-corrected chi connectivity index (χ3v) is 2.82. The second-order valence-electron chi connectivity index (χ2n) is 3.85. The molecule has 2 N–H and O–H groups in total. The highest BCUT2D eigenvalue weighted by molar-refractivity contribution is 6.07. The molecule has 0 aliphatic carbocycles. The van der Waals surface area contributed by atoms with E-state index in [-0.39, 0.29) is 0 Å². The van der Waals surface area contributed by atoms with E-state index in [0.29, 0.717) is 5.75 Å². The van der Waals surface area contributed by atoms with Gasteiger partial charge in [0.2, 0.25) is 0 Å². The van der Waals surface area contributed by atoms with E-state index in [1.54, 1.807) is 6.07 Å². The largest absolute Gasteiger partial charge is 0.508 e. The van der Waals surface area contributed by atoms with E-state index in [0.717, 1.165) is 16.6 Å². The molecule has 0 aliphatic heterocycles. The van der Waals surface area contributed by atoms with Crippen molar-refractivity contribution < 1.29 is 5.11 Å². The standard InChI is InChI=1S/C13H11NO/c1-8-6-10-9-4-2-3-5-11(9)14-12(10)7-13(8)15/h2-7,14-15H,1H3. The van der Waals surface area contributed by atoms with Crippen molar-refractivity contribution in [3.05, 3.63) is 42.0 Å². The number of nitrogens with one attached hydrogen (secondary N) is 1. The molecule has 3 rings (SSSR count). The zero-order valence-corrected chi connectivity index (χ0v) is 8.41. The predicted octanol–water partition coefficient (Wildman–Crippen LogP) is 3.34. The van der Waals surface area contributed by atoms with E-state index in [9.17, 15) is 5.11 Å². The molecule has 0 unspecified atom stereocenters. The molecule has 15 heavy (non-hydrogen) atoms. The summed E-state index contributed by atoms with van der Waals surface area (Å²) < 4.78 is 0. The number of aryl methyl sites for hydroxylation is 1. The highest BCUT2D eigenvalue weighted by Crippen LogP contribution is 2.29. The minimum Gasteiger partial charge on any atom is -0.508 e. The van der Waals surface area contributed by atoms with E-state index in [1.165, 1.54) is 10.8 Å². The van der Waals surface area contributed by atoms with Crippen molar-refractivity contribution in [3.63, 3.8) is 0 Å². The molecule has 0 radical (unpaired) electrons. The Morgan fingerprint density at radius 3 is 2.67 bits per heavy atom. The summed E-state index contributed by atoms with van der Waals surface area (Å²) in [5.74, 6) is 0.342. The van der Waals surface area contributed by atoms with Gasteiger partial charge in [0, 0.05) is 22.4 Å². The van der Waals surface area contributed by atoms with Gasteiger partial charge in [-0.3, -0.25) is 0 Å². The number of phenolic OH excluding ortho intramolecular Hbond substituents is 1. The van der Waals surface area contributed by atoms with Crippen LogP contribution in [0.4, 0.5) is 0 Å². The number of H-pyrrole nitrogens is 1. The third-order valence-electron chi connectivity index (χ3n) is 2.82. The smallest absolute Gasteiger partial charge is 0.120 e. The number of aromatic hydroxyl groups is 1. The second-order valence-corrected chi connectivity index (χ2v) is 3.85. The quantitative estimate of drug-likeness (QED) is 0.569. The van der Waals surface area contributed by atoms with Crippen molar-refractivity contribution in [1.29, 1.82) is 0 Å². The molecule has 1 aromatic heterocycles. The average molecular weight is 197 g/mol. The van der Waals surface area contributed by atoms with Crippen LogP contribution in [0.15, 0.2) is 36.4 Å². The zero-order valence-electron chi connectivity index (χ0n) is 8.41. The fourth-order valence-electron chi connectivity index (χ4n) is 1.99. The van der Waals surface area contributed by atoms with Crippen LogP contribution < -0.4 is 0 Å². The molecule has 0 aliphatic rings. The number of rotatable bonds is 0. The first-order valence-corrected chi connectivity index (χ1v) is 4.96. The zero-order chi connectivity index (χ0) is 10.4. The SMILES string of the molecule is Cc1cc2c(cc1O)[nH]c1ccccc12. The van der Waals surface area contributed by atoms with Crippen molar-refractivity contribution in [2.24, 2.45) is 0 Å². The minimum absolute atomic E-state index is 0.342. The number of hydrogen-bond acceptors (Lipinski definition) is 1. The van der Waals surface area contributed by atoms with Crippen LogP contribution in [0.5, 0.6) is 5.75 Å². The minimum atomic E-state index is 0.342. The van der Waals surface area contributed by atoms with Gasteiger partial charge in [0.25, 0.3) is 0 Å². The van der Waals surface area contributed by atoms with Crippen molar-refractivity contribution in [2.75, 3.05) is 0 Å². The summed E-state index contributed by atoms with van der Waals surface area (Å²) in [5.41, 5.74) is 3.00. The lowest BCUT2D eigenvalue weighted by Crippen LogP contribution is -1.74. The topological polar surface area (TPSA) is 36.0 Å². The number of phenols is 1. The van der Waals surface area contributed by atoms with Crippen molar-refractivity contribution in [2.45, 2.75) is 6.92 Å². The van der Waals surface area contributed by atoms with Crippen LogP contribution in [0.25, 0.3) is 21.8 Å². The van der Waals surface area contributed by atoms with Crippen LogP contribution in [0.3, 0.4) is 0 Å². The van der Waals surface area contributed by atoms with Crippen molar-refractivity contribution >= 4 is 21.8 Å². The van der Waals surface area contributed by atoms with Gasteiger partial charge in [0.15, 0.2) is 0 Å². The first-order valence-electron chi connectivity index (χ1n) is 4.96. The van der Waals surface area contributed by atoms with Crippen LogP contribution in [0.1, 0.15) is 5.56 Å². The Hall–Kier alpha value is -1.96. The Balaban J connectivity index is 2.56.